The van der Waals surface area contributed by atoms with E-state index in [-0.39, 0.29) is 0 Å². The highest BCUT2D eigenvalue weighted by molar-refractivity contribution is 5.43. The summed E-state index contributed by atoms with van der Waals surface area (Å²) in [7, 11) is 0. The van der Waals surface area contributed by atoms with E-state index in [1.165, 1.54) is 16.7 Å². The van der Waals surface area contributed by atoms with Crippen LogP contribution in [-0.4, -0.2) is 6.04 Å². The highest BCUT2D eigenvalue weighted by Crippen LogP contribution is 2.23. The molecule has 0 spiro atoms. The third kappa shape index (κ3) is 3.86. The highest BCUT2D eigenvalue weighted by Gasteiger charge is 2.10. The topological polar surface area (TPSA) is 12.0 Å². The van der Waals surface area contributed by atoms with E-state index in [9.17, 15) is 0 Å². The quantitative estimate of drug-likeness (QED) is 0.769. The van der Waals surface area contributed by atoms with Gasteiger partial charge in [0.1, 0.15) is 0 Å². The molecule has 0 aromatic rings. The third-order valence-electron chi connectivity index (χ3n) is 3.82. The normalized spacial score (nSPS) is 26.1. The van der Waals surface area contributed by atoms with Crippen molar-refractivity contribution in [2.24, 2.45) is 5.92 Å². The van der Waals surface area contributed by atoms with Gasteiger partial charge in [0.25, 0.3) is 0 Å². The molecule has 0 bridgehead atoms. The van der Waals surface area contributed by atoms with Crippen LogP contribution >= 0.6 is 0 Å². The zero-order valence-electron chi connectivity index (χ0n) is 12.6. The van der Waals surface area contributed by atoms with Gasteiger partial charge in [-0.3, -0.25) is 0 Å². The number of allylic oxidation sites excluding steroid dienone is 8. The van der Waals surface area contributed by atoms with Crippen LogP contribution in [0.4, 0.5) is 0 Å². The molecular weight excluding hydrogens is 242 g/mol. The van der Waals surface area contributed by atoms with Gasteiger partial charge in [0.05, 0.1) is 0 Å². The molecule has 0 aromatic carbocycles. The van der Waals surface area contributed by atoms with Gasteiger partial charge in [0.15, 0.2) is 0 Å². The molecule has 1 nitrogen and oxygen atoms in total. The molecule has 0 heterocycles. The lowest BCUT2D eigenvalue weighted by molar-refractivity contribution is 0.678. The van der Waals surface area contributed by atoms with Gasteiger partial charge in [-0.15, -0.1) is 0 Å². The second-order valence-electron chi connectivity index (χ2n) is 5.70. The van der Waals surface area contributed by atoms with Crippen molar-refractivity contribution in [3.63, 3.8) is 0 Å². The van der Waals surface area contributed by atoms with Crippen LogP contribution in [0.2, 0.25) is 0 Å². The Morgan fingerprint density at radius 3 is 2.85 bits per heavy atom. The molecule has 0 amide bonds. The fourth-order valence-corrected chi connectivity index (χ4v) is 2.55. The lowest BCUT2D eigenvalue weighted by atomic mass is 9.94. The van der Waals surface area contributed by atoms with Gasteiger partial charge in [0.2, 0.25) is 0 Å². The average molecular weight is 267 g/mol. The zero-order chi connectivity index (χ0) is 14.4. The Balaban J connectivity index is 1.98. The summed E-state index contributed by atoms with van der Waals surface area (Å²) in [5.41, 5.74) is 4.09. The molecule has 20 heavy (non-hydrogen) atoms. The maximum Gasteiger partial charge on any atom is 0.0476 e. The lowest BCUT2D eigenvalue weighted by Crippen LogP contribution is -2.23. The number of rotatable bonds is 4. The van der Waals surface area contributed by atoms with E-state index in [4.69, 9.17) is 0 Å². The van der Waals surface area contributed by atoms with Crippen molar-refractivity contribution in [1.29, 1.82) is 0 Å². The Hall–Kier alpha value is -1.76. The molecule has 0 aliphatic heterocycles. The van der Waals surface area contributed by atoms with Gasteiger partial charge in [-0.05, 0) is 41.9 Å². The van der Waals surface area contributed by atoms with Crippen molar-refractivity contribution in [3.05, 3.63) is 72.0 Å². The molecule has 0 radical (unpaired) electrons. The van der Waals surface area contributed by atoms with Crippen molar-refractivity contribution >= 4 is 0 Å². The molecule has 0 saturated heterocycles. The lowest BCUT2D eigenvalue weighted by Gasteiger charge is -2.20. The maximum atomic E-state index is 3.80. The molecule has 0 aromatic heterocycles. The summed E-state index contributed by atoms with van der Waals surface area (Å²) in [4.78, 5) is 0. The van der Waals surface area contributed by atoms with E-state index in [0.717, 1.165) is 19.3 Å². The third-order valence-corrected chi connectivity index (χ3v) is 3.82. The Morgan fingerprint density at radius 1 is 1.35 bits per heavy atom. The van der Waals surface area contributed by atoms with Gasteiger partial charge < -0.3 is 5.32 Å². The summed E-state index contributed by atoms with van der Waals surface area (Å²) in [6.45, 7) is 8.28. The molecule has 1 atom stereocenters. The highest BCUT2D eigenvalue weighted by atomic mass is 14.9. The number of hydrogen-bond acceptors (Lipinski definition) is 1. The van der Waals surface area contributed by atoms with E-state index < -0.39 is 0 Å². The van der Waals surface area contributed by atoms with Gasteiger partial charge >= 0.3 is 0 Å². The first-order chi connectivity index (χ1) is 9.70. The minimum Gasteiger partial charge on any atom is -0.384 e. The van der Waals surface area contributed by atoms with E-state index in [1.54, 1.807) is 0 Å². The van der Waals surface area contributed by atoms with Gasteiger partial charge in [-0.25, -0.2) is 0 Å². The second kappa shape index (κ2) is 7.14. The predicted octanol–water partition coefficient (Wildman–Crippen LogP) is 4.83. The molecule has 2 aliphatic rings. The monoisotopic (exact) mass is 267 g/mol. The smallest absolute Gasteiger partial charge is 0.0476 e. The van der Waals surface area contributed by atoms with Crippen LogP contribution in [0.3, 0.4) is 0 Å². The van der Waals surface area contributed by atoms with Crippen molar-refractivity contribution in [2.75, 3.05) is 0 Å². The molecule has 1 unspecified atom stereocenters. The van der Waals surface area contributed by atoms with Crippen LogP contribution in [0, 0.1) is 5.92 Å². The second-order valence-corrected chi connectivity index (χ2v) is 5.70. The summed E-state index contributed by atoms with van der Waals surface area (Å²) < 4.78 is 0. The summed E-state index contributed by atoms with van der Waals surface area (Å²) in [6.07, 6.45) is 20.7. The minimum absolute atomic E-state index is 0.408. The molecule has 2 aliphatic carbocycles. The Kier molecular flexibility index (Phi) is 5.23. The molecule has 0 saturated carbocycles. The fourth-order valence-electron chi connectivity index (χ4n) is 2.55. The number of nitrogens with one attached hydrogen (secondary N) is 1. The zero-order valence-corrected chi connectivity index (χ0v) is 12.6. The molecule has 0 fully saturated rings. The molecule has 1 N–H and O–H groups in total. The first-order valence-electron chi connectivity index (χ1n) is 7.53. The predicted molar refractivity (Wildman–Crippen MR) is 88.3 cm³/mol. The summed E-state index contributed by atoms with van der Waals surface area (Å²) >= 11 is 0. The summed E-state index contributed by atoms with van der Waals surface area (Å²) in [5.74, 6) is 0.619. The van der Waals surface area contributed by atoms with Crippen LogP contribution in [0.15, 0.2) is 72.0 Å². The first kappa shape index (κ1) is 14.6. The van der Waals surface area contributed by atoms with Crippen molar-refractivity contribution in [2.45, 2.75) is 39.2 Å². The Labute approximate surface area is 123 Å². The van der Waals surface area contributed by atoms with Crippen LogP contribution < -0.4 is 5.32 Å². The minimum atomic E-state index is 0.408. The van der Waals surface area contributed by atoms with E-state index in [2.05, 4.69) is 68.4 Å². The summed E-state index contributed by atoms with van der Waals surface area (Å²) in [5, 5.41) is 3.52. The average Bonchev–Trinajstić information content (AvgIpc) is 2.47. The molecule has 2 rings (SSSR count). The molecule has 106 valence electrons. The van der Waals surface area contributed by atoms with E-state index >= 15 is 0 Å². The van der Waals surface area contributed by atoms with Crippen LogP contribution in [0.1, 0.15) is 33.1 Å². The van der Waals surface area contributed by atoms with Gasteiger partial charge in [-0.2, -0.15) is 0 Å². The SMILES string of the molecule is C=C/C=C1/CCC=C/C1=C\NC1C=CC(C(C)C)=CC1. The van der Waals surface area contributed by atoms with E-state index in [0.29, 0.717) is 12.0 Å². The maximum absolute atomic E-state index is 3.80. The van der Waals surface area contributed by atoms with E-state index in [1.807, 2.05) is 6.08 Å². The first-order valence-corrected chi connectivity index (χ1v) is 7.53. The fraction of sp³-hybridized carbons (Fsp3) is 0.368. The Bertz CT molecular complexity index is 498. The van der Waals surface area contributed by atoms with Crippen molar-refractivity contribution in [3.8, 4) is 0 Å². The van der Waals surface area contributed by atoms with Crippen LogP contribution in [0.5, 0.6) is 0 Å². The largest absolute Gasteiger partial charge is 0.384 e. The summed E-state index contributed by atoms with van der Waals surface area (Å²) in [6, 6.07) is 0.408. The van der Waals surface area contributed by atoms with Gasteiger partial charge in [0, 0.05) is 12.2 Å². The Morgan fingerprint density at radius 2 is 2.20 bits per heavy atom. The number of hydrogen-bond donors (Lipinski definition) is 1. The van der Waals surface area contributed by atoms with Gasteiger partial charge in [-0.1, -0.05) is 63.0 Å². The van der Waals surface area contributed by atoms with Crippen LogP contribution in [0.25, 0.3) is 0 Å². The molecular formula is C19H25N. The standard InChI is InChI=1S/C19H25N/c1-4-7-17-8-5-6-9-18(17)14-20-19-12-10-16(11-13-19)15(2)3/h4,6-7,9-12,14-15,19-20H,1,5,8,13H2,2-3H3/b17-7-,18-14+. The van der Waals surface area contributed by atoms with Crippen LogP contribution in [-0.2, 0) is 0 Å². The van der Waals surface area contributed by atoms with Crippen molar-refractivity contribution < 1.29 is 0 Å². The van der Waals surface area contributed by atoms with Crippen molar-refractivity contribution in [1.82, 2.24) is 5.32 Å². The molecule has 1 heteroatoms.